The van der Waals surface area contributed by atoms with E-state index in [0.29, 0.717) is 10.6 Å². The van der Waals surface area contributed by atoms with E-state index >= 15 is 0 Å². The van der Waals surface area contributed by atoms with Crippen LogP contribution in [0.2, 0.25) is 5.02 Å². The standard InChI is InChI=1S/C13H18ClN3O/c14-10-7-8(5-6-9(10)13(16)18)17-12-4-2-1-3-11(12)15/h5-7,11-12,17H,1-4,15H2,(H2,16,18)/t11-,12-/m1/s1. The topological polar surface area (TPSA) is 81.1 Å². The fourth-order valence-corrected chi connectivity index (χ4v) is 2.63. The van der Waals surface area contributed by atoms with Gasteiger partial charge in [-0.25, -0.2) is 0 Å². The molecule has 0 aromatic heterocycles. The molecule has 0 bridgehead atoms. The lowest BCUT2D eigenvalue weighted by Gasteiger charge is -2.30. The summed E-state index contributed by atoms with van der Waals surface area (Å²) in [5.41, 5.74) is 12.5. The molecule has 4 nitrogen and oxygen atoms in total. The number of anilines is 1. The first-order valence-electron chi connectivity index (χ1n) is 6.19. The third kappa shape index (κ3) is 2.94. The van der Waals surface area contributed by atoms with Gasteiger partial charge < -0.3 is 16.8 Å². The van der Waals surface area contributed by atoms with E-state index < -0.39 is 5.91 Å². The van der Waals surface area contributed by atoms with Crippen molar-refractivity contribution in [2.45, 2.75) is 37.8 Å². The Morgan fingerprint density at radius 2 is 2.06 bits per heavy atom. The average molecular weight is 268 g/mol. The number of amides is 1. The Kier molecular flexibility index (Phi) is 4.09. The molecule has 0 heterocycles. The van der Waals surface area contributed by atoms with Gasteiger partial charge in [0.1, 0.15) is 0 Å². The summed E-state index contributed by atoms with van der Waals surface area (Å²) in [6.45, 7) is 0. The molecule has 98 valence electrons. The molecule has 18 heavy (non-hydrogen) atoms. The highest BCUT2D eigenvalue weighted by molar-refractivity contribution is 6.34. The minimum absolute atomic E-state index is 0.174. The first kappa shape index (κ1) is 13.2. The molecular weight excluding hydrogens is 250 g/mol. The number of hydrogen-bond acceptors (Lipinski definition) is 3. The van der Waals surface area contributed by atoms with E-state index in [2.05, 4.69) is 5.32 Å². The van der Waals surface area contributed by atoms with Crippen molar-refractivity contribution < 1.29 is 4.79 Å². The second kappa shape index (κ2) is 5.59. The van der Waals surface area contributed by atoms with E-state index in [-0.39, 0.29) is 12.1 Å². The molecule has 0 saturated heterocycles. The van der Waals surface area contributed by atoms with Crippen LogP contribution in [0.15, 0.2) is 18.2 Å². The molecule has 2 rings (SSSR count). The van der Waals surface area contributed by atoms with Crippen LogP contribution >= 0.6 is 11.6 Å². The summed E-state index contributed by atoms with van der Waals surface area (Å²) in [5.74, 6) is -0.513. The molecule has 2 atom stereocenters. The smallest absolute Gasteiger partial charge is 0.250 e. The third-order valence-electron chi connectivity index (χ3n) is 3.41. The Morgan fingerprint density at radius 1 is 1.33 bits per heavy atom. The van der Waals surface area contributed by atoms with Crippen LogP contribution in [0.25, 0.3) is 0 Å². The summed E-state index contributed by atoms with van der Waals surface area (Å²) >= 11 is 6.01. The van der Waals surface area contributed by atoms with E-state index in [1.54, 1.807) is 12.1 Å². The molecule has 5 N–H and O–H groups in total. The average Bonchev–Trinajstić information content (AvgIpc) is 2.32. The molecule has 1 fully saturated rings. The number of hydrogen-bond donors (Lipinski definition) is 3. The van der Waals surface area contributed by atoms with Crippen molar-refractivity contribution in [1.82, 2.24) is 0 Å². The summed E-state index contributed by atoms with van der Waals surface area (Å²) in [4.78, 5) is 11.1. The maximum atomic E-state index is 11.1. The van der Waals surface area contributed by atoms with Crippen molar-refractivity contribution in [2.75, 3.05) is 5.32 Å². The van der Waals surface area contributed by atoms with E-state index in [9.17, 15) is 4.79 Å². The zero-order valence-corrected chi connectivity index (χ0v) is 10.9. The molecule has 0 aliphatic heterocycles. The number of halogens is 1. The molecule has 1 aromatic carbocycles. The predicted molar refractivity (Wildman–Crippen MR) is 73.8 cm³/mol. The van der Waals surface area contributed by atoms with Gasteiger partial charge in [-0.05, 0) is 31.0 Å². The zero-order chi connectivity index (χ0) is 13.1. The monoisotopic (exact) mass is 267 g/mol. The Bertz CT molecular complexity index is 450. The Labute approximate surface area is 112 Å². The zero-order valence-electron chi connectivity index (χ0n) is 10.2. The van der Waals surface area contributed by atoms with Crippen LogP contribution in [0.3, 0.4) is 0 Å². The normalized spacial score (nSPS) is 23.7. The number of primary amides is 1. The van der Waals surface area contributed by atoms with Crippen molar-refractivity contribution in [3.8, 4) is 0 Å². The first-order valence-corrected chi connectivity index (χ1v) is 6.57. The highest BCUT2D eigenvalue weighted by Gasteiger charge is 2.21. The van der Waals surface area contributed by atoms with Gasteiger partial charge in [0.25, 0.3) is 0 Å². The van der Waals surface area contributed by atoms with Crippen LogP contribution in [0.5, 0.6) is 0 Å². The molecule has 0 unspecified atom stereocenters. The van der Waals surface area contributed by atoms with Gasteiger partial charge in [-0.3, -0.25) is 4.79 Å². The van der Waals surface area contributed by atoms with E-state index in [0.717, 1.165) is 18.5 Å². The number of carbonyl (C=O) groups is 1. The second-order valence-electron chi connectivity index (χ2n) is 4.76. The predicted octanol–water partition coefficient (Wildman–Crippen LogP) is 2.12. The summed E-state index contributed by atoms with van der Waals surface area (Å²) in [6, 6.07) is 5.63. The quantitative estimate of drug-likeness (QED) is 0.785. The van der Waals surface area contributed by atoms with Gasteiger partial charge in [-0.1, -0.05) is 24.4 Å². The molecule has 1 aromatic rings. The first-order chi connectivity index (χ1) is 8.58. The van der Waals surface area contributed by atoms with Gasteiger partial charge in [0, 0.05) is 17.8 Å². The number of nitrogens with two attached hydrogens (primary N) is 2. The maximum absolute atomic E-state index is 11.1. The van der Waals surface area contributed by atoms with Crippen molar-refractivity contribution in [3.05, 3.63) is 28.8 Å². The maximum Gasteiger partial charge on any atom is 0.250 e. The Hall–Kier alpha value is -1.26. The van der Waals surface area contributed by atoms with Gasteiger partial charge in [0.05, 0.1) is 10.6 Å². The molecular formula is C13H18ClN3O. The van der Waals surface area contributed by atoms with Gasteiger partial charge >= 0.3 is 0 Å². The SMILES string of the molecule is NC(=O)c1ccc(N[C@@H]2CCCC[C@H]2N)cc1Cl. The van der Waals surface area contributed by atoms with Gasteiger partial charge in [-0.15, -0.1) is 0 Å². The fourth-order valence-electron chi connectivity index (χ4n) is 2.36. The number of carbonyl (C=O) groups excluding carboxylic acids is 1. The van der Waals surface area contributed by atoms with E-state index in [1.807, 2.05) is 6.07 Å². The molecule has 1 aliphatic carbocycles. The highest BCUT2D eigenvalue weighted by atomic mass is 35.5. The van der Waals surface area contributed by atoms with E-state index in [1.165, 1.54) is 12.8 Å². The van der Waals surface area contributed by atoms with Gasteiger partial charge in [-0.2, -0.15) is 0 Å². The van der Waals surface area contributed by atoms with Crippen molar-refractivity contribution in [3.63, 3.8) is 0 Å². The summed E-state index contributed by atoms with van der Waals surface area (Å²) in [6.07, 6.45) is 4.50. The molecule has 1 aliphatic rings. The lowest BCUT2D eigenvalue weighted by Crippen LogP contribution is -2.42. The van der Waals surface area contributed by atoms with Gasteiger partial charge in [0.2, 0.25) is 5.91 Å². The summed E-state index contributed by atoms with van der Waals surface area (Å²) < 4.78 is 0. The minimum atomic E-state index is -0.513. The highest BCUT2D eigenvalue weighted by Crippen LogP contribution is 2.24. The molecule has 0 radical (unpaired) electrons. The second-order valence-corrected chi connectivity index (χ2v) is 5.17. The van der Waals surface area contributed by atoms with Crippen molar-refractivity contribution in [1.29, 1.82) is 0 Å². The lowest BCUT2D eigenvalue weighted by atomic mass is 9.91. The Morgan fingerprint density at radius 3 is 2.67 bits per heavy atom. The van der Waals surface area contributed by atoms with Crippen molar-refractivity contribution in [2.24, 2.45) is 11.5 Å². The Balaban J connectivity index is 2.10. The van der Waals surface area contributed by atoms with E-state index in [4.69, 9.17) is 23.1 Å². The minimum Gasteiger partial charge on any atom is -0.381 e. The summed E-state index contributed by atoms with van der Waals surface area (Å²) in [5, 5.41) is 3.75. The van der Waals surface area contributed by atoms with Crippen LogP contribution in [-0.4, -0.2) is 18.0 Å². The number of rotatable bonds is 3. The fraction of sp³-hybridized carbons (Fsp3) is 0.462. The number of nitrogens with one attached hydrogen (secondary N) is 1. The van der Waals surface area contributed by atoms with Crippen LogP contribution in [0.4, 0.5) is 5.69 Å². The van der Waals surface area contributed by atoms with Crippen LogP contribution in [0.1, 0.15) is 36.0 Å². The largest absolute Gasteiger partial charge is 0.381 e. The van der Waals surface area contributed by atoms with Crippen molar-refractivity contribution >= 4 is 23.2 Å². The van der Waals surface area contributed by atoms with Gasteiger partial charge in [0.15, 0.2) is 0 Å². The van der Waals surface area contributed by atoms with Crippen LogP contribution in [0, 0.1) is 0 Å². The van der Waals surface area contributed by atoms with Crippen LogP contribution < -0.4 is 16.8 Å². The third-order valence-corrected chi connectivity index (χ3v) is 3.72. The van der Waals surface area contributed by atoms with Crippen LogP contribution in [-0.2, 0) is 0 Å². The lowest BCUT2D eigenvalue weighted by molar-refractivity contribution is 0.100. The molecule has 5 heteroatoms. The summed E-state index contributed by atoms with van der Waals surface area (Å²) in [7, 11) is 0. The molecule has 0 spiro atoms. The molecule has 1 amide bonds. The number of benzene rings is 1. The molecule has 1 saturated carbocycles.